The van der Waals surface area contributed by atoms with Gasteiger partial charge in [0, 0.05) is 6.61 Å². The zero-order valence-electron chi connectivity index (χ0n) is 10.2. The van der Waals surface area contributed by atoms with E-state index in [0.717, 1.165) is 0 Å². The molecule has 3 atom stereocenters. The molecule has 1 amide bonds. The number of rotatable bonds is 5. The fourth-order valence-electron chi connectivity index (χ4n) is 1.73. The van der Waals surface area contributed by atoms with Crippen molar-refractivity contribution in [3.05, 3.63) is 0 Å². The van der Waals surface area contributed by atoms with Crippen LogP contribution in [0.25, 0.3) is 0 Å². The lowest BCUT2D eigenvalue weighted by Crippen LogP contribution is -2.59. The summed E-state index contributed by atoms with van der Waals surface area (Å²) in [5.41, 5.74) is 4.78. The molecule has 0 saturated carbocycles. The van der Waals surface area contributed by atoms with Crippen LogP contribution in [0.2, 0.25) is 0 Å². The maximum absolute atomic E-state index is 11.9. The van der Waals surface area contributed by atoms with E-state index >= 15 is 0 Å². The minimum atomic E-state index is -1.08. The number of ether oxygens (including phenoxy) is 1. The Morgan fingerprint density at radius 3 is 2.65 bits per heavy atom. The van der Waals surface area contributed by atoms with Crippen LogP contribution in [-0.4, -0.2) is 41.8 Å². The molecule has 98 valence electrons. The van der Waals surface area contributed by atoms with E-state index in [1.54, 1.807) is 6.92 Å². The van der Waals surface area contributed by atoms with Crippen molar-refractivity contribution in [2.45, 2.75) is 38.3 Å². The highest BCUT2D eigenvalue weighted by Crippen LogP contribution is 2.17. The molecule has 1 fully saturated rings. The summed E-state index contributed by atoms with van der Waals surface area (Å²) in [6.45, 7) is 4.24. The molecule has 6 nitrogen and oxygen atoms in total. The van der Waals surface area contributed by atoms with Crippen LogP contribution in [0.4, 0.5) is 0 Å². The first-order chi connectivity index (χ1) is 7.90. The molecule has 17 heavy (non-hydrogen) atoms. The molecule has 1 heterocycles. The molecule has 6 heteroatoms. The Hall–Kier alpha value is -1.14. The highest BCUT2D eigenvalue weighted by atomic mass is 16.5. The highest BCUT2D eigenvalue weighted by Gasteiger charge is 2.40. The normalized spacial score (nSPS) is 27.5. The lowest BCUT2D eigenvalue weighted by atomic mass is 9.95. The maximum Gasteiger partial charge on any atom is 0.326 e. The van der Waals surface area contributed by atoms with Crippen molar-refractivity contribution >= 4 is 11.9 Å². The average molecular weight is 244 g/mol. The first kappa shape index (κ1) is 13.9. The van der Waals surface area contributed by atoms with E-state index in [9.17, 15) is 9.59 Å². The number of hydrogen-bond donors (Lipinski definition) is 3. The van der Waals surface area contributed by atoms with Crippen LogP contribution in [0.5, 0.6) is 0 Å². The molecule has 0 spiro atoms. The molecule has 1 saturated heterocycles. The number of carboxylic acid groups (broad SMARTS) is 1. The van der Waals surface area contributed by atoms with Crippen molar-refractivity contribution in [3.8, 4) is 0 Å². The van der Waals surface area contributed by atoms with E-state index in [1.165, 1.54) is 0 Å². The Bertz CT molecular complexity index is 300. The second kappa shape index (κ2) is 5.46. The number of amides is 1. The van der Waals surface area contributed by atoms with E-state index in [2.05, 4.69) is 5.32 Å². The van der Waals surface area contributed by atoms with E-state index in [0.29, 0.717) is 19.4 Å². The molecule has 1 aliphatic rings. The van der Waals surface area contributed by atoms with Gasteiger partial charge in [-0.2, -0.15) is 0 Å². The maximum atomic E-state index is 11.9. The lowest BCUT2D eigenvalue weighted by molar-refractivity contribution is -0.144. The second-order valence-corrected chi connectivity index (χ2v) is 4.63. The number of hydrogen-bond acceptors (Lipinski definition) is 4. The molecule has 1 unspecified atom stereocenters. The van der Waals surface area contributed by atoms with Crippen LogP contribution >= 0.6 is 0 Å². The van der Waals surface area contributed by atoms with Crippen LogP contribution in [0.15, 0.2) is 0 Å². The van der Waals surface area contributed by atoms with Gasteiger partial charge in [0.2, 0.25) is 5.91 Å². The second-order valence-electron chi connectivity index (χ2n) is 4.63. The molecule has 1 aliphatic heterocycles. The molecule has 0 bridgehead atoms. The van der Waals surface area contributed by atoms with Crippen molar-refractivity contribution in [1.82, 2.24) is 5.32 Å². The topological polar surface area (TPSA) is 102 Å². The van der Waals surface area contributed by atoms with E-state index in [4.69, 9.17) is 15.6 Å². The average Bonchev–Trinajstić information content (AvgIpc) is 2.72. The fourth-order valence-corrected chi connectivity index (χ4v) is 1.73. The third-order valence-corrected chi connectivity index (χ3v) is 3.27. The molecule has 0 aromatic carbocycles. The summed E-state index contributed by atoms with van der Waals surface area (Å²) in [7, 11) is 0. The minimum Gasteiger partial charge on any atom is -0.480 e. The first-order valence-electron chi connectivity index (χ1n) is 5.81. The van der Waals surface area contributed by atoms with Crippen LogP contribution < -0.4 is 11.1 Å². The molecular weight excluding hydrogens is 224 g/mol. The summed E-state index contributed by atoms with van der Waals surface area (Å²) >= 11 is 0. The molecule has 0 aromatic rings. The van der Waals surface area contributed by atoms with Gasteiger partial charge in [-0.05, 0) is 12.3 Å². The zero-order valence-corrected chi connectivity index (χ0v) is 10.2. The fraction of sp³-hybridized carbons (Fsp3) is 0.818. The summed E-state index contributed by atoms with van der Waals surface area (Å²) in [6, 6.07) is -0.895. The summed E-state index contributed by atoms with van der Waals surface area (Å²) in [5.74, 6) is -1.61. The largest absolute Gasteiger partial charge is 0.480 e. The Labute approximate surface area is 101 Å². The van der Waals surface area contributed by atoms with Crippen molar-refractivity contribution in [2.24, 2.45) is 11.7 Å². The van der Waals surface area contributed by atoms with Gasteiger partial charge >= 0.3 is 5.97 Å². The quantitative estimate of drug-likeness (QED) is 0.617. The van der Waals surface area contributed by atoms with Gasteiger partial charge in [-0.1, -0.05) is 20.3 Å². The van der Waals surface area contributed by atoms with Gasteiger partial charge in [0.1, 0.15) is 11.6 Å². The molecule has 0 aliphatic carbocycles. The van der Waals surface area contributed by atoms with Crippen LogP contribution in [0, 0.1) is 5.92 Å². The smallest absolute Gasteiger partial charge is 0.326 e. The van der Waals surface area contributed by atoms with Crippen molar-refractivity contribution in [1.29, 1.82) is 0 Å². The molecule has 4 N–H and O–H groups in total. The molecule has 0 radical (unpaired) electrons. The minimum absolute atomic E-state index is 0.137. The molecular formula is C11H20N2O4. The third kappa shape index (κ3) is 3.17. The predicted octanol–water partition coefficient (Wildman–Crippen LogP) is -0.280. The van der Waals surface area contributed by atoms with Gasteiger partial charge in [0.25, 0.3) is 0 Å². The molecule has 0 aromatic heterocycles. The standard InChI is InChI=1S/C11H20N2O4/c1-3-7(2)8(9(14)15)13-10(16)11(12)4-5-17-6-11/h7-8H,3-6,12H2,1-2H3,(H,13,16)(H,14,15)/t7-,8-,11?/m0/s1. The van der Waals surface area contributed by atoms with Crippen LogP contribution in [-0.2, 0) is 14.3 Å². The Morgan fingerprint density at radius 1 is 1.59 bits per heavy atom. The van der Waals surface area contributed by atoms with Gasteiger partial charge in [0.05, 0.1) is 6.61 Å². The van der Waals surface area contributed by atoms with Gasteiger partial charge in [-0.15, -0.1) is 0 Å². The number of nitrogens with one attached hydrogen (secondary N) is 1. The van der Waals surface area contributed by atoms with E-state index in [1.807, 2.05) is 6.92 Å². The Morgan fingerprint density at radius 2 is 2.24 bits per heavy atom. The zero-order chi connectivity index (χ0) is 13.1. The van der Waals surface area contributed by atoms with Crippen LogP contribution in [0.1, 0.15) is 26.7 Å². The highest BCUT2D eigenvalue weighted by molar-refractivity contribution is 5.90. The lowest BCUT2D eigenvalue weighted by Gasteiger charge is -2.26. The monoisotopic (exact) mass is 244 g/mol. The number of carboxylic acids is 1. The summed E-state index contributed by atoms with van der Waals surface area (Å²) in [6.07, 6.45) is 1.09. The summed E-state index contributed by atoms with van der Waals surface area (Å²) in [4.78, 5) is 23.0. The van der Waals surface area contributed by atoms with Crippen molar-refractivity contribution in [3.63, 3.8) is 0 Å². The summed E-state index contributed by atoms with van der Waals surface area (Å²) < 4.78 is 5.08. The number of carbonyl (C=O) groups excluding carboxylic acids is 1. The van der Waals surface area contributed by atoms with Gasteiger partial charge < -0.3 is 20.9 Å². The number of aliphatic carboxylic acids is 1. The molecule has 1 rings (SSSR count). The third-order valence-electron chi connectivity index (χ3n) is 3.27. The van der Waals surface area contributed by atoms with E-state index in [-0.39, 0.29) is 12.5 Å². The predicted molar refractivity (Wildman–Crippen MR) is 61.4 cm³/mol. The number of nitrogens with two attached hydrogens (primary N) is 1. The Kier molecular flexibility index (Phi) is 4.47. The van der Waals surface area contributed by atoms with Crippen molar-refractivity contribution in [2.75, 3.05) is 13.2 Å². The van der Waals surface area contributed by atoms with Gasteiger partial charge in [-0.25, -0.2) is 4.79 Å². The van der Waals surface area contributed by atoms with Gasteiger partial charge in [0.15, 0.2) is 0 Å². The Balaban J connectivity index is 2.67. The SMILES string of the molecule is CC[C@H](C)[C@H](NC(=O)C1(N)CCOC1)C(=O)O. The van der Waals surface area contributed by atoms with E-state index < -0.39 is 23.5 Å². The number of carbonyl (C=O) groups is 2. The first-order valence-corrected chi connectivity index (χ1v) is 5.81. The van der Waals surface area contributed by atoms with Crippen LogP contribution in [0.3, 0.4) is 0 Å². The van der Waals surface area contributed by atoms with Gasteiger partial charge in [-0.3, -0.25) is 4.79 Å². The van der Waals surface area contributed by atoms with Crippen molar-refractivity contribution < 1.29 is 19.4 Å². The summed E-state index contributed by atoms with van der Waals surface area (Å²) in [5, 5.41) is 11.6.